The van der Waals surface area contributed by atoms with E-state index in [4.69, 9.17) is 0 Å². The van der Waals surface area contributed by atoms with Gasteiger partial charge in [-0.05, 0) is 67.9 Å². The predicted octanol–water partition coefficient (Wildman–Crippen LogP) is 4.06. The summed E-state index contributed by atoms with van der Waals surface area (Å²) in [4.78, 5) is 31.2. The average molecular weight is 411 g/mol. The summed E-state index contributed by atoms with van der Waals surface area (Å²) in [5.74, 6) is -0.728. The molecule has 1 aliphatic heterocycles. The molecular formula is C23H23F2N3O2. The number of alkyl halides is 1. The highest BCUT2D eigenvalue weighted by Crippen LogP contribution is 2.47. The number of fused-ring (bicyclic) bond motifs is 1. The molecule has 0 radical (unpaired) electrons. The summed E-state index contributed by atoms with van der Waals surface area (Å²) in [5.41, 5.74) is 0.298. The SMILES string of the molecule is O=C(N1CCCc2cc(C3(C(=O)Nc4ccc(F)cn4)CCC3)ccc21)C1(F)CC1. The number of rotatable bonds is 4. The molecule has 156 valence electrons. The van der Waals surface area contributed by atoms with Crippen molar-refractivity contribution in [3.8, 4) is 0 Å². The Labute approximate surface area is 173 Å². The fourth-order valence-corrected chi connectivity index (χ4v) is 4.53. The standard InChI is InChI=1S/C23H23F2N3O2/c24-17-5-7-19(26-14-17)27-20(29)22(8-2-9-22)16-4-6-18-15(13-16)3-1-12-28(18)21(30)23(25)10-11-23/h4-7,13-14H,1-3,8-12H2,(H,26,27,29). The maximum absolute atomic E-state index is 14.4. The van der Waals surface area contributed by atoms with Gasteiger partial charge in [0.15, 0.2) is 5.67 Å². The second-order valence-corrected chi connectivity index (χ2v) is 8.62. The first-order chi connectivity index (χ1) is 14.4. The van der Waals surface area contributed by atoms with Gasteiger partial charge in [-0.1, -0.05) is 18.6 Å². The molecule has 3 aliphatic rings. The Kier molecular flexibility index (Phi) is 4.38. The van der Waals surface area contributed by atoms with Crippen LogP contribution >= 0.6 is 0 Å². The van der Waals surface area contributed by atoms with Crippen LogP contribution in [0.1, 0.15) is 49.7 Å². The monoisotopic (exact) mass is 411 g/mol. The zero-order chi connectivity index (χ0) is 20.9. The number of anilines is 2. The van der Waals surface area contributed by atoms with Gasteiger partial charge in [-0.15, -0.1) is 0 Å². The molecule has 2 aliphatic carbocycles. The quantitative estimate of drug-likeness (QED) is 0.825. The number of halogens is 2. The predicted molar refractivity (Wildman–Crippen MR) is 109 cm³/mol. The van der Waals surface area contributed by atoms with Crippen molar-refractivity contribution in [2.75, 3.05) is 16.8 Å². The number of nitrogens with one attached hydrogen (secondary N) is 1. The van der Waals surface area contributed by atoms with Gasteiger partial charge in [-0.3, -0.25) is 9.59 Å². The summed E-state index contributed by atoms with van der Waals surface area (Å²) >= 11 is 0. The van der Waals surface area contributed by atoms with Crippen LogP contribution in [-0.2, 0) is 21.4 Å². The highest BCUT2D eigenvalue weighted by Gasteiger charge is 2.53. The molecule has 1 aromatic heterocycles. The third kappa shape index (κ3) is 3.07. The largest absolute Gasteiger partial charge is 0.310 e. The van der Waals surface area contributed by atoms with Crippen molar-refractivity contribution < 1.29 is 18.4 Å². The fourth-order valence-electron chi connectivity index (χ4n) is 4.53. The van der Waals surface area contributed by atoms with Gasteiger partial charge in [0.25, 0.3) is 5.91 Å². The van der Waals surface area contributed by atoms with Crippen molar-refractivity contribution in [1.29, 1.82) is 0 Å². The van der Waals surface area contributed by atoms with Crippen molar-refractivity contribution in [3.05, 3.63) is 53.5 Å². The van der Waals surface area contributed by atoms with E-state index in [9.17, 15) is 18.4 Å². The molecule has 2 amide bonds. The first-order valence-electron chi connectivity index (χ1n) is 10.5. The molecular weight excluding hydrogens is 388 g/mol. The number of aromatic nitrogens is 1. The third-order valence-electron chi connectivity index (χ3n) is 6.68. The normalized spacial score (nSPS) is 20.7. The van der Waals surface area contributed by atoms with E-state index in [-0.39, 0.29) is 5.91 Å². The van der Waals surface area contributed by atoms with Gasteiger partial charge >= 0.3 is 0 Å². The van der Waals surface area contributed by atoms with E-state index in [1.807, 2.05) is 18.2 Å². The lowest BCUT2D eigenvalue weighted by Gasteiger charge is -2.41. The smallest absolute Gasteiger partial charge is 0.264 e. The summed E-state index contributed by atoms with van der Waals surface area (Å²) in [5, 5.41) is 2.81. The molecule has 1 aromatic carbocycles. The molecule has 0 spiro atoms. The molecule has 0 saturated heterocycles. The first kappa shape index (κ1) is 19.2. The summed E-state index contributed by atoms with van der Waals surface area (Å²) < 4.78 is 27.5. The van der Waals surface area contributed by atoms with Gasteiger partial charge in [0, 0.05) is 12.2 Å². The minimum Gasteiger partial charge on any atom is -0.310 e. The molecule has 1 N–H and O–H groups in total. The van der Waals surface area contributed by atoms with Gasteiger partial charge in [0.05, 0.1) is 11.6 Å². The van der Waals surface area contributed by atoms with Crippen LogP contribution < -0.4 is 10.2 Å². The Morgan fingerprint density at radius 2 is 1.87 bits per heavy atom. The van der Waals surface area contributed by atoms with E-state index >= 15 is 0 Å². The number of carbonyl (C=O) groups is 2. The Bertz CT molecular complexity index is 1010. The van der Waals surface area contributed by atoms with Crippen LogP contribution in [0.25, 0.3) is 0 Å². The van der Waals surface area contributed by atoms with Crippen molar-refractivity contribution >= 4 is 23.3 Å². The lowest BCUT2D eigenvalue weighted by Crippen LogP contribution is -2.46. The van der Waals surface area contributed by atoms with E-state index in [1.165, 1.54) is 12.1 Å². The van der Waals surface area contributed by atoms with Crippen LogP contribution in [0.5, 0.6) is 0 Å². The Morgan fingerprint density at radius 3 is 2.50 bits per heavy atom. The van der Waals surface area contributed by atoms with Crippen LogP contribution in [-0.4, -0.2) is 29.0 Å². The summed E-state index contributed by atoms with van der Waals surface area (Å²) in [6.45, 7) is 0.527. The summed E-state index contributed by atoms with van der Waals surface area (Å²) in [6.07, 6.45) is 5.62. The molecule has 0 unspecified atom stereocenters. The van der Waals surface area contributed by atoms with Gasteiger partial charge in [-0.2, -0.15) is 0 Å². The average Bonchev–Trinajstić information content (AvgIpc) is 3.46. The molecule has 30 heavy (non-hydrogen) atoms. The van der Waals surface area contributed by atoms with Crippen LogP contribution in [0.4, 0.5) is 20.3 Å². The number of hydrogen-bond acceptors (Lipinski definition) is 3. The Hall–Kier alpha value is -2.83. The zero-order valence-corrected chi connectivity index (χ0v) is 16.6. The van der Waals surface area contributed by atoms with Gasteiger partial charge in [0.1, 0.15) is 11.6 Å². The fraction of sp³-hybridized carbons (Fsp3) is 0.435. The molecule has 5 nitrogen and oxygen atoms in total. The maximum atomic E-state index is 14.4. The second-order valence-electron chi connectivity index (χ2n) is 8.62. The minimum atomic E-state index is -1.69. The molecule has 5 rings (SSSR count). The highest BCUT2D eigenvalue weighted by molar-refractivity contribution is 6.03. The lowest BCUT2D eigenvalue weighted by atomic mass is 9.63. The molecule has 2 aromatic rings. The summed E-state index contributed by atoms with van der Waals surface area (Å²) in [6, 6.07) is 8.46. The topological polar surface area (TPSA) is 62.3 Å². The highest BCUT2D eigenvalue weighted by atomic mass is 19.1. The van der Waals surface area contributed by atoms with Crippen LogP contribution in [0.3, 0.4) is 0 Å². The van der Waals surface area contributed by atoms with E-state index in [0.29, 0.717) is 25.2 Å². The van der Waals surface area contributed by atoms with Gasteiger partial charge in [-0.25, -0.2) is 13.8 Å². The second kappa shape index (κ2) is 6.86. The van der Waals surface area contributed by atoms with Crippen molar-refractivity contribution in [2.45, 2.75) is 56.0 Å². The number of hydrogen-bond donors (Lipinski definition) is 1. The number of amides is 2. The maximum Gasteiger partial charge on any atom is 0.264 e. The molecule has 2 fully saturated rings. The Balaban J connectivity index is 1.42. The lowest BCUT2D eigenvalue weighted by molar-refractivity contribution is -0.125. The van der Waals surface area contributed by atoms with Crippen LogP contribution in [0.15, 0.2) is 36.5 Å². The van der Waals surface area contributed by atoms with E-state index < -0.39 is 22.8 Å². The van der Waals surface area contributed by atoms with Gasteiger partial charge < -0.3 is 10.2 Å². The van der Waals surface area contributed by atoms with E-state index in [2.05, 4.69) is 10.3 Å². The zero-order valence-electron chi connectivity index (χ0n) is 16.6. The van der Waals surface area contributed by atoms with Gasteiger partial charge in [0.2, 0.25) is 5.91 Å². The van der Waals surface area contributed by atoms with Crippen LogP contribution in [0.2, 0.25) is 0 Å². The molecule has 2 heterocycles. The Morgan fingerprint density at radius 1 is 1.07 bits per heavy atom. The number of aryl methyl sites for hydroxylation is 1. The number of benzene rings is 1. The van der Waals surface area contributed by atoms with Crippen molar-refractivity contribution in [1.82, 2.24) is 4.98 Å². The molecule has 7 heteroatoms. The molecule has 0 bridgehead atoms. The third-order valence-corrected chi connectivity index (χ3v) is 6.68. The summed E-state index contributed by atoms with van der Waals surface area (Å²) in [7, 11) is 0. The number of carbonyl (C=O) groups excluding carboxylic acids is 2. The van der Waals surface area contributed by atoms with Crippen LogP contribution in [0, 0.1) is 5.82 Å². The van der Waals surface area contributed by atoms with E-state index in [0.717, 1.165) is 55.1 Å². The molecule has 0 atom stereocenters. The number of pyridine rings is 1. The minimum absolute atomic E-state index is 0.155. The van der Waals surface area contributed by atoms with E-state index in [1.54, 1.807) is 4.90 Å². The van der Waals surface area contributed by atoms with Crippen molar-refractivity contribution in [3.63, 3.8) is 0 Å². The van der Waals surface area contributed by atoms with Crippen molar-refractivity contribution in [2.24, 2.45) is 0 Å². The first-order valence-corrected chi connectivity index (χ1v) is 10.5. The molecule has 2 saturated carbocycles. The number of nitrogens with zero attached hydrogens (tertiary/aromatic N) is 2.